The van der Waals surface area contributed by atoms with E-state index in [0.717, 1.165) is 16.7 Å². The minimum absolute atomic E-state index is 0.0677. The standard InChI is InChI=1S/C23H28N4O3S/c1-5-29-19-12-11-18(13-20(19)30-6-2)16(4)24-21(28)14-27-22(25-26-23(27)31)17-9-7-15(3)8-10-17/h7-13,16H,5-6,14H2,1-4H3,(H,24,28)(H,26,31). The van der Waals surface area contributed by atoms with Gasteiger partial charge in [-0.3, -0.25) is 14.5 Å². The van der Waals surface area contributed by atoms with Crippen molar-refractivity contribution in [1.29, 1.82) is 0 Å². The number of ether oxygens (including phenoxy) is 2. The van der Waals surface area contributed by atoms with Crippen molar-refractivity contribution in [2.75, 3.05) is 13.2 Å². The maximum atomic E-state index is 12.8. The average Bonchev–Trinajstić information content (AvgIpc) is 3.10. The third-order valence-corrected chi connectivity index (χ3v) is 5.13. The number of aryl methyl sites for hydroxylation is 1. The first-order valence-electron chi connectivity index (χ1n) is 10.3. The van der Waals surface area contributed by atoms with Gasteiger partial charge in [-0.25, -0.2) is 0 Å². The molecular formula is C23H28N4O3S. The summed E-state index contributed by atoms with van der Waals surface area (Å²) in [6, 6.07) is 13.4. The summed E-state index contributed by atoms with van der Waals surface area (Å²) in [4.78, 5) is 12.8. The Morgan fingerprint density at radius 1 is 1.13 bits per heavy atom. The van der Waals surface area contributed by atoms with E-state index < -0.39 is 0 Å². The molecule has 31 heavy (non-hydrogen) atoms. The SMILES string of the molecule is CCOc1ccc(C(C)NC(=O)Cn2c(-c3ccc(C)cc3)n[nH]c2=S)cc1OCC. The van der Waals surface area contributed by atoms with E-state index in [1.165, 1.54) is 0 Å². The molecule has 0 saturated carbocycles. The van der Waals surface area contributed by atoms with Gasteiger partial charge in [-0.1, -0.05) is 35.9 Å². The molecule has 2 N–H and O–H groups in total. The van der Waals surface area contributed by atoms with Crippen LogP contribution in [0.25, 0.3) is 11.4 Å². The van der Waals surface area contributed by atoms with Crippen LogP contribution in [0.15, 0.2) is 42.5 Å². The van der Waals surface area contributed by atoms with Crippen molar-refractivity contribution in [3.8, 4) is 22.9 Å². The minimum Gasteiger partial charge on any atom is -0.490 e. The highest BCUT2D eigenvalue weighted by Gasteiger charge is 2.16. The number of amides is 1. The van der Waals surface area contributed by atoms with Crippen molar-refractivity contribution in [3.05, 3.63) is 58.4 Å². The van der Waals surface area contributed by atoms with Gasteiger partial charge in [-0.05, 0) is 57.6 Å². The fourth-order valence-electron chi connectivity index (χ4n) is 3.24. The third kappa shape index (κ3) is 5.52. The van der Waals surface area contributed by atoms with E-state index in [9.17, 15) is 4.79 Å². The molecule has 7 nitrogen and oxygen atoms in total. The molecule has 3 aromatic rings. The minimum atomic E-state index is -0.216. The Labute approximate surface area is 187 Å². The van der Waals surface area contributed by atoms with Crippen LogP contribution in [-0.2, 0) is 11.3 Å². The summed E-state index contributed by atoms with van der Waals surface area (Å²) in [5, 5.41) is 10.1. The number of benzene rings is 2. The summed E-state index contributed by atoms with van der Waals surface area (Å²) in [5.74, 6) is 1.83. The molecule has 0 bridgehead atoms. The number of aromatic nitrogens is 3. The molecule has 164 valence electrons. The molecule has 0 spiro atoms. The van der Waals surface area contributed by atoms with E-state index in [1.807, 2.05) is 70.2 Å². The Kier molecular flexibility index (Phi) is 7.46. The number of H-pyrrole nitrogens is 1. The quantitative estimate of drug-likeness (QED) is 0.476. The lowest BCUT2D eigenvalue weighted by molar-refractivity contribution is -0.122. The van der Waals surface area contributed by atoms with Gasteiger partial charge < -0.3 is 14.8 Å². The molecule has 1 amide bonds. The third-order valence-electron chi connectivity index (χ3n) is 4.81. The number of nitrogens with one attached hydrogen (secondary N) is 2. The number of carbonyl (C=O) groups is 1. The lowest BCUT2D eigenvalue weighted by Crippen LogP contribution is -2.30. The van der Waals surface area contributed by atoms with E-state index in [2.05, 4.69) is 15.5 Å². The Bertz CT molecular complexity index is 1090. The van der Waals surface area contributed by atoms with Crippen LogP contribution < -0.4 is 14.8 Å². The highest BCUT2D eigenvalue weighted by atomic mass is 32.1. The molecule has 3 rings (SSSR count). The fourth-order valence-corrected chi connectivity index (χ4v) is 3.44. The molecule has 0 radical (unpaired) electrons. The van der Waals surface area contributed by atoms with Crippen molar-refractivity contribution in [3.63, 3.8) is 0 Å². The summed E-state index contributed by atoms with van der Waals surface area (Å²) < 4.78 is 13.4. The van der Waals surface area contributed by atoms with E-state index >= 15 is 0 Å². The molecule has 0 saturated heterocycles. The van der Waals surface area contributed by atoms with Gasteiger partial charge in [0.15, 0.2) is 22.1 Å². The van der Waals surface area contributed by atoms with Crippen LogP contribution in [0, 0.1) is 11.7 Å². The van der Waals surface area contributed by atoms with Gasteiger partial charge in [0.1, 0.15) is 6.54 Å². The zero-order chi connectivity index (χ0) is 22.4. The van der Waals surface area contributed by atoms with Crippen LogP contribution in [0.2, 0.25) is 0 Å². The topological polar surface area (TPSA) is 81.2 Å². The molecular weight excluding hydrogens is 412 g/mol. The molecule has 1 atom stereocenters. The highest BCUT2D eigenvalue weighted by Crippen LogP contribution is 2.30. The Balaban J connectivity index is 1.74. The molecule has 0 aliphatic carbocycles. The maximum Gasteiger partial charge on any atom is 0.240 e. The molecule has 1 unspecified atom stereocenters. The molecule has 0 aliphatic heterocycles. The van der Waals surface area contributed by atoms with Crippen LogP contribution in [-0.4, -0.2) is 33.9 Å². The average molecular weight is 441 g/mol. The molecule has 8 heteroatoms. The first-order chi connectivity index (χ1) is 14.9. The summed E-state index contributed by atoms with van der Waals surface area (Å²) >= 11 is 5.34. The van der Waals surface area contributed by atoms with Gasteiger partial charge in [-0.2, -0.15) is 5.10 Å². The van der Waals surface area contributed by atoms with Crippen LogP contribution in [0.3, 0.4) is 0 Å². The highest BCUT2D eigenvalue weighted by molar-refractivity contribution is 7.71. The van der Waals surface area contributed by atoms with E-state index in [-0.39, 0.29) is 18.5 Å². The second-order valence-electron chi connectivity index (χ2n) is 7.17. The number of hydrogen-bond donors (Lipinski definition) is 2. The summed E-state index contributed by atoms with van der Waals surface area (Å²) in [7, 11) is 0. The Morgan fingerprint density at radius 2 is 1.81 bits per heavy atom. The Hall–Kier alpha value is -3.13. The normalized spacial score (nSPS) is 11.7. The van der Waals surface area contributed by atoms with E-state index in [1.54, 1.807) is 4.57 Å². The van der Waals surface area contributed by atoms with Crippen molar-refractivity contribution < 1.29 is 14.3 Å². The molecule has 1 aromatic heterocycles. The van der Waals surface area contributed by atoms with Crippen molar-refractivity contribution in [2.24, 2.45) is 0 Å². The second-order valence-corrected chi connectivity index (χ2v) is 7.55. The van der Waals surface area contributed by atoms with Crippen LogP contribution >= 0.6 is 12.2 Å². The van der Waals surface area contributed by atoms with Gasteiger partial charge in [-0.15, -0.1) is 0 Å². The first-order valence-corrected chi connectivity index (χ1v) is 10.7. The lowest BCUT2D eigenvalue weighted by atomic mass is 10.1. The van der Waals surface area contributed by atoms with E-state index in [0.29, 0.717) is 35.3 Å². The monoisotopic (exact) mass is 440 g/mol. The van der Waals surface area contributed by atoms with E-state index in [4.69, 9.17) is 21.7 Å². The number of hydrogen-bond acceptors (Lipinski definition) is 5. The smallest absolute Gasteiger partial charge is 0.240 e. The van der Waals surface area contributed by atoms with Crippen LogP contribution in [0.1, 0.15) is 37.9 Å². The zero-order valence-electron chi connectivity index (χ0n) is 18.3. The number of rotatable bonds is 9. The van der Waals surface area contributed by atoms with Crippen LogP contribution in [0.4, 0.5) is 0 Å². The van der Waals surface area contributed by atoms with Gasteiger partial charge in [0.25, 0.3) is 0 Å². The van der Waals surface area contributed by atoms with Crippen molar-refractivity contribution in [1.82, 2.24) is 20.1 Å². The number of carbonyl (C=O) groups excluding carboxylic acids is 1. The first kappa shape index (κ1) is 22.6. The largest absolute Gasteiger partial charge is 0.490 e. The predicted octanol–water partition coefficient (Wildman–Crippen LogP) is 4.59. The Morgan fingerprint density at radius 3 is 2.48 bits per heavy atom. The van der Waals surface area contributed by atoms with Crippen molar-refractivity contribution >= 4 is 18.1 Å². The fraction of sp³-hybridized carbons (Fsp3) is 0.348. The molecule has 0 aliphatic rings. The van der Waals surface area contributed by atoms with Gasteiger partial charge in [0.2, 0.25) is 5.91 Å². The number of nitrogens with zero attached hydrogens (tertiary/aromatic N) is 2. The summed E-state index contributed by atoms with van der Waals surface area (Å²) in [5.41, 5.74) is 2.97. The van der Waals surface area contributed by atoms with Gasteiger partial charge in [0.05, 0.1) is 19.3 Å². The molecule has 0 fully saturated rings. The zero-order valence-corrected chi connectivity index (χ0v) is 19.1. The lowest BCUT2D eigenvalue weighted by Gasteiger charge is -2.18. The summed E-state index contributed by atoms with van der Waals surface area (Å²) in [6.45, 7) is 8.96. The van der Waals surface area contributed by atoms with Gasteiger partial charge >= 0.3 is 0 Å². The van der Waals surface area contributed by atoms with Gasteiger partial charge in [0, 0.05) is 5.56 Å². The summed E-state index contributed by atoms with van der Waals surface area (Å²) in [6.07, 6.45) is 0. The van der Waals surface area contributed by atoms with Crippen molar-refractivity contribution in [2.45, 2.75) is 40.3 Å². The second kappa shape index (κ2) is 10.3. The van der Waals surface area contributed by atoms with Crippen LogP contribution in [0.5, 0.6) is 11.5 Å². The molecule has 2 aromatic carbocycles. The number of aromatic amines is 1. The predicted molar refractivity (Wildman–Crippen MR) is 123 cm³/mol. The molecule has 1 heterocycles. The maximum absolute atomic E-state index is 12.8.